The summed E-state index contributed by atoms with van der Waals surface area (Å²) in [4.78, 5) is 18.1. The van der Waals surface area contributed by atoms with E-state index in [-0.39, 0.29) is 5.78 Å². The van der Waals surface area contributed by atoms with Crippen LogP contribution in [0.3, 0.4) is 0 Å². The number of ketones is 1. The third kappa shape index (κ3) is 2.22. The summed E-state index contributed by atoms with van der Waals surface area (Å²) in [6.07, 6.45) is 4.04. The van der Waals surface area contributed by atoms with Gasteiger partial charge in [0.25, 0.3) is 0 Å². The molecule has 3 nitrogen and oxygen atoms in total. The van der Waals surface area contributed by atoms with Crippen LogP contribution < -0.4 is 0 Å². The van der Waals surface area contributed by atoms with Gasteiger partial charge < -0.3 is 4.57 Å². The van der Waals surface area contributed by atoms with E-state index in [2.05, 4.69) is 4.98 Å². The minimum absolute atomic E-state index is 0.152. The van der Waals surface area contributed by atoms with Gasteiger partial charge in [0.2, 0.25) is 0 Å². The van der Waals surface area contributed by atoms with E-state index in [0.29, 0.717) is 6.42 Å². The summed E-state index contributed by atoms with van der Waals surface area (Å²) in [5, 5.41) is 0. The molecule has 0 radical (unpaired) electrons. The van der Waals surface area contributed by atoms with Gasteiger partial charge in [0, 0.05) is 23.8 Å². The summed E-state index contributed by atoms with van der Waals surface area (Å²) in [6, 6.07) is 3.87. The SMILES string of the molecule is CCn1ccnc1CC(=O)c1ccc(C)s1. The standard InChI is InChI=1S/C12H14N2OS/c1-3-14-7-6-13-12(14)8-10(15)11-5-4-9(2)16-11/h4-7H,3,8H2,1-2H3. The van der Waals surface area contributed by atoms with E-state index in [1.165, 1.54) is 4.88 Å². The third-order valence-electron chi connectivity index (χ3n) is 2.48. The van der Waals surface area contributed by atoms with Crippen molar-refractivity contribution in [2.75, 3.05) is 0 Å². The van der Waals surface area contributed by atoms with Gasteiger partial charge in [-0.3, -0.25) is 4.79 Å². The van der Waals surface area contributed by atoms with E-state index >= 15 is 0 Å². The second-order valence-electron chi connectivity index (χ2n) is 3.64. The fraction of sp³-hybridized carbons (Fsp3) is 0.333. The Hall–Kier alpha value is -1.42. The molecule has 84 valence electrons. The van der Waals surface area contributed by atoms with Crippen LogP contribution in [-0.4, -0.2) is 15.3 Å². The Morgan fingerprint density at radius 1 is 1.50 bits per heavy atom. The molecule has 0 fully saturated rings. The molecule has 0 bridgehead atoms. The molecule has 0 saturated heterocycles. The number of nitrogens with zero attached hydrogens (tertiary/aromatic N) is 2. The highest BCUT2D eigenvalue weighted by Gasteiger charge is 2.12. The lowest BCUT2D eigenvalue weighted by Crippen LogP contribution is -2.08. The monoisotopic (exact) mass is 234 g/mol. The number of Topliss-reactive ketones (excluding diaryl/α,β-unsaturated/α-hetero) is 1. The minimum Gasteiger partial charge on any atom is -0.335 e. The number of aryl methyl sites for hydroxylation is 2. The average Bonchev–Trinajstić information content (AvgIpc) is 2.86. The fourth-order valence-electron chi connectivity index (χ4n) is 1.61. The molecule has 0 spiro atoms. The van der Waals surface area contributed by atoms with E-state index in [4.69, 9.17) is 0 Å². The first kappa shape index (κ1) is 11.1. The van der Waals surface area contributed by atoms with Gasteiger partial charge in [-0.1, -0.05) is 0 Å². The normalized spacial score (nSPS) is 10.6. The van der Waals surface area contributed by atoms with Crippen LogP contribution in [0.4, 0.5) is 0 Å². The van der Waals surface area contributed by atoms with E-state index in [0.717, 1.165) is 17.2 Å². The van der Waals surface area contributed by atoms with Gasteiger partial charge in [-0.2, -0.15) is 0 Å². The van der Waals surface area contributed by atoms with Crippen LogP contribution in [0.1, 0.15) is 27.3 Å². The van der Waals surface area contributed by atoms with Gasteiger partial charge in [0.15, 0.2) is 5.78 Å². The zero-order chi connectivity index (χ0) is 11.5. The van der Waals surface area contributed by atoms with E-state index in [1.807, 2.05) is 36.7 Å². The molecule has 2 aromatic heterocycles. The first-order valence-electron chi connectivity index (χ1n) is 5.30. The van der Waals surface area contributed by atoms with Gasteiger partial charge in [0.05, 0.1) is 11.3 Å². The van der Waals surface area contributed by atoms with Crippen molar-refractivity contribution in [2.45, 2.75) is 26.8 Å². The fourth-order valence-corrected chi connectivity index (χ4v) is 2.42. The number of rotatable bonds is 4. The molecule has 0 unspecified atom stereocenters. The van der Waals surface area contributed by atoms with Crippen LogP contribution in [0.5, 0.6) is 0 Å². The van der Waals surface area contributed by atoms with E-state index < -0.39 is 0 Å². The summed E-state index contributed by atoms with van der Waals surface area (Å²) >= 11 is 1.54. The Bertz CT molecular complexity index is 499. The Kier molecular flexibility index (Phi) is 3.19. The number of aromatic nitrogens is 2. The summed E-state index contributed by atoms with van der Waals surface area (Å²) < 4.78 is 2.00. The first-order valence-corrected chi connectivity index (χ1v) is 6.12. The zero-order valence-corrected chi connectivity index (χ0v) is 10.3. The quantitative estimate of drug-likeness (QED) is 0.762. The van der Waals surface area contributed by atoms with Gasteiger partial charge in [-0.05, 0) is 26.0 Å². The van der Waals surface area contributed by atoms with Gasteiger partial charge in [0.1, 0.15) is 5.82 Å². The van der Waals surface area contributed by atoms with Crippen LogP contribution in [0.15, 0.2) is 24.5 Å². The summed E-state index contributed by atoms with van der Waals surface area (Å²) in [7, 11) is 0. The van der Waals surface area contributed by atoms with Crippen LogP contribution in [0, 0.1) is 6.92 Å². The highest BCUT2D eigenvalue weighted by Crippen LogP contribution is 2.17. The van der Waals surface area contributed by atoms with Gasteiger partial charge in [-0.25, -0.2) is 4.98 Å². The lowest BCUT2D eigenvalue weighted by atomic mass is 10.2. The number of hydrogen-bond donors (Lipinski definition) is 0. The van der Waals surface area contributed by atoms with Crippen molar-refractivity contribution >= 4 is 17.1 Å². The van der Waals surface area contributed by atoms with Crippen LogP contribution in [0.25, 0.3) is 0 Å². The smallest absolute Gasteiger partial charge is 0.180 e. The van der Waals surface area contributed by atoms with Crippen LogP contribution >= 0.6 is 11.3 Å². The highest BCUT2D eigenvalue weighted by molar-refractivity contribution is 7.14. The second-order valence-corrected chi connectivity index (χ2v) is 4.93. The van der Waals surface area contributed by atoms with Gasteiger partial charge >= 0.3 is 0 Å². The molecule has 0 atom stereocenters. The Balaban J connectivity index is 2.13. The van der Waals surface area contributed by atoms with Crippen molar-refractivity contribution in [1.82, 2.24) is 9.55 Å². The molecule has 4 heteroatoms. The van der Waals surface area contributed by atoms with Crippen molar-refractivity contribution < 1.29 is 4.79 Å². The molecular weight excluding hydrogens is 220 g/mol. The number of hydrogen-bond acceptors (Lipinski definition) is 3. The molecule has 0 N–H and O–H groups in total. The summed E-state index contributed by atoms with van der Waals surface area (Å²) in [6.45, 7) is 4.91. The molecule has 2 aromatic rings. The topological polar surface area (TPSA) is 34.9 Å². The van der Waals surface area contributed by atoms with E-state index in [1.54, 1.807) is 17.5 Å². The lowest BCUT2D eigenvalue weighted by Gasteiger charge is -2.02. The first-order chi connectivity index (χ1) is 7.70. The van der Waals surface area contributed by atoms with Crippen molar-refractivity contribution in [3.8, 4) is 0 Å². The van der Waals surface area contributed by atoms with E-state index in [9.17, 15) is 4.79 Å². The average molecular weight is 234 g/mol. The molecule has 0 aliphatic carbocycles. The lowest BCUT2D eigenvalue weighted by molar-refractivity contribution is 0.0993. The van der Waals surface area contributed by atoms with Crippen LogP contribution in [-0.2, 0) is 13.0 Å². The predicted molar refractivity (Wildman–Crippen MR) is 65.0 cm³/mol. The molecule has 2 rings (SSSR count). The van der Waals surface area contributed by atoms with Crippen molar-refractivity contribution in [1.29, 1.82) is 0 Å². The highest BCUT2D eigenvalue weighted by atomic mass is 32.1. The molecule has 0 aromatic carbocycles. The van der Waals surface area contributed by atoms with Crippen molar-refractivity contribution in [2.24, 2.45) is 0 Å². The second kappa shape index (κ2) is 4.61. The number of carbonyl (C=O) groups is 1. The molecule has 0 aliphatic heterocycles. The number of carbonyl (C=O) groups excluding carboxylic acids is 1. The third-order valence-corrected chi connectivity index (χ3v) is 3.52. The molecule has 16 heavy (non-hydrogen) atoms. The maximum absolute atomic E-state index is 12.0. The van der Waals surface area contributed by atoms with Gasteiger partial charge in [-0.15, -0.1) is 11.3 Å². The van der Waals surface area contributed by atoms with Crippen molar-refractivity contribution in [3.05, 3.63) is 40.1 Å². The summed E-state index contributed by atoms with van der Waals surface area (Å²) in [5.41, 5.74) is 0. The number of thiophene rings is 1. The molecule has 0 saturated carbocycles. The Morgan fingerprint density at radius 2 is 2.31 bits per heavy atom. The Morgan fingerprint density at radius 3 is 2.94 bits per heavy atom. The maximum Gasteiger partial charge on any atom is 0.180 e. The molecule has 0 aliphatic rings. The van der Waals surface area contributed by atoms with Crippen LogP contribution in [0.2, 0.25) is 0 Å². The Labute approximate surface area is 98.8 Å². The van der Waals surface area contributed by atoms with Crippen molar-refractivity contribution in [3.63, 3.8) is 0 Å². The zero-order valence-electron chi connectivity index (χ0n) is 9.43. The number of imidazole rings is 1. The predicted octanol–water partition coefficient (Wildman–Crippen LogP) is 2.70. The molecule has 2 heterocycles. The summed E-state index contributed by atoms with van der Waals surface area (Å²) in [5.74, 6) is 0.998. The molecular formula is C12H14N2OS. The minimum atomic E-state index is 0.152. The molecule has 0 amide bonds. The largest absolute Gasteiger partial charge is 0.335 e. The maximum atomic E-state index is 12.0.